The maximum Gasteiger partial charge on any atom is 0.411 e. The molecule has 1 aromatic rings. The largest absolute Gasteiger partial charge is 0.492 e. The van der Waals surface area contributed by atoms with Crippen LogP contribution in [0, 0.1) is 0 Å². The first-order valence-corrected chi connectivity index (χ1v) is 7.65. The molecule has 2 atom stereocenters. The second kappa shape index (κ2) is 7.29. The molecule has 24 heavy (non-hydrogen) atoms. The molecule has 1 N–H and O–H groups in total. The predicted octanol–water partition coefficient (Wildman–Crippen LogP) is 3.31. The Morgan fingerprint density at radius 3 is 2.79 bits per heavy atom. The molecule has 0 unspecified atom stereocenters. The van der Waals surface area contributed by atoms with Crippen LogP contribution in [-0.2, 0) is 16.0 Å². The van der Waals surface area contributed by atoms with E-state index >= 15 is 0 Å². The van der Waals surface area contributed by atoms with E-state index in [4.69, 9.17) is 9.47 Å². The van der Waals surface area contributed by atoms with Crippen LogP contribution in [0.2, 0.25) is 0 Å². The number of carbonyl (C=O) groups excluding carboxylic acids is 1. The van der Waals surface area contributed by atoms with E-state index in [1.54, 1.807) is 19.1 Å². The Morgan fingerprint density at radius 2 is 2.17 bits per heavy atom. The van der Waals surface area contributed by atoms with Crippen molar-refractivity contribution in [3.63, 3.8) is 0 Å². The topological polar surface area (TPSA) is 56.8 Å². The normalized spacial score (nSPS) is 17.8. The molecule has 1 aliphatic rings. The van der Waals surface area contributed by atoms with Crippen molar-refractivity contribution >= 4 is 11.6 Å². The van der Waals surface area contributed by atoms with Gasteiger partial charge in [-0.2, -0.15) is 13.2 Å². The fourth-order valence-corrected chi connectivity index (χ4v) is 2.34. The molecule has 1 aliphatic heterocycles. The van der Waals surface area contributed by atoms with E-state index in [0.717, 1.165) is 12.0 Å². The smallest absolute Gasteiger partial charge is 0.411 e. The van der Waals surface area contributed by atoms with Gasteiger partial charge in [0.05, 0.1) is 12.3 Å². The number of nitrogens with one attached hydrogen (secondary N) is 1. The molecule has 0 fully saturated rings. The van der Waals surface area contributed by atoms with Crippen molar-refractivity contribution in [1.29, 1.82) is 0 Å². The SMILES string of the molecule is CCOc1cc2c(cc1NC(=O)[C@H](C)OCC(F)(F)F)O[C@H](C)C2. The molecule has 0 radical (unpaired) electrons. The van der Waals surface area contributed by atoms with E-state index in [0.29, 0.717) is 23.8 Å². The Bertz CT molecular complexity index is 604. The van der Waals surface area contributed by atoms with E-state index in [1.165, 1.54) is 6.92 Å². The van der Waals surface area contributed by atoms with Crippen LogP contribution in [0.1, 0.15) is 26.3 Å². The van der Waals surface area contributed by atoms with Gasteiger partial charge in [-0.05, 0) is 26.8 Å². The van der Waals surface area contributed by atoms with Crippen LogP contribution >= 0.6 is 0 Å². The number of amides is 1. The number of rotatable bonds is 6. The summed E-state index contributed by atoms with van der Waals surface area (Å²) in [7, 11) is 0. The molecule has 0 saturated carbocycles. The maximum absolute atomic E-state index is 12.2. The molecule has 8 heteroatoms. The van der Waals surface area contributed by atoms with E-state index in [1.807, 2.05) is 6.92 Å². The lowest BCUT2D eigenvalue weighted by molar-refractivity contribution is -0.184. The number of benzene rings is 1. The molecular formula is C16H20F3NO4. The molecule has 134 valence electrons. The molecule has 0 spiro atoms. The van der Waals surface area contributed by atoms with E-state index in [-0.39, 0.29) is 6.10 Å². The van der Waals surface area contributed by atoms with Gasteiger partial charge in [0.1, 0.15) is 30.3 Å². The van der Waals surface area contributed by atoms with Gasteiger partial charge in [-0.3, -0.25) is 4.79 Å². The fourth-order valence-electron chi connectivity index (χ4n) is 2.34. The number of hydrogen-bond donors (Lipinski definition) is 1. The van der Waals surface area contributed by atoms with Crippen molar-refractivity contribution in [3.05, 3.63) is 17.7 Å². The summed E-state index contributed by atoms with van der Waals surface area (Å²) in [6.45, 7) is 3.88. The zero-order chi connectivity index (χ0) is 17.9. The Hall–Kier alpha value is -1.96. The zero-order valence-corrected chi connectivity index (χ0v) is 13.7. The fraction of sp³-hybridized carbons (Fsp3) is 0.562. The van der Waals surface area contributed by atoms with Crippen LogP contribution in [0.15, 0.2) is 12.1 Å². The molecule has 1 heterocycles. The summed E-state index contributed by atoms with van der Waals surface area (Å²) in [4.78, 5) is 12.1. The average Bonchev–Trinajstić information content (AvgIpc) is 2.83. The highest BCUT2D eigenvalue weighted by atomic mass is 19.4. The molecule has 0 aliphatic carbocycles. The number of fused-ring (bicyclic) bond motifs is 1. The lowest BCUT2D eigenvalue weighted by Gasteiger charge is -2.17. The quantitative estimate of drug-likeness (QED) is 0.858. The summed E-state index contributed by atoms with van der Waals surface area (Å²) in [5.41, 5.74) is 1.31. The number of ether oxygens (including phenoxy) is 3. The number of carbonyl (C=O) groups is 1. The molecule has 1 amide bonds. The Balaban J connectivity index is 2.10. The van der Waals surface area contributed by atoms with Crippen LogP contribution in [-0.4, -0.2) is 37.5 Å². The predicted molar refractivity (Wildman–Crippen MR) is 81.5 cm³/mol. The minimum atomic E-state index is -4.48. The van der Waals surface area contributed by atoms with Crippen LogP contribution in [0.25, 0.3) is 0 Å². The highest BCUT2D eigenvalue weighted by Crippen LogP contribution is 2.38. The van der Waals surface area contributed by atoms with E-state index < -0.39 is 24.8 Å². The first kappa shape index (κ1) is 18.4. The lowest BCUT2D eigenvalue weighted by Crippen LogP contribution is -2.31. The molecular weight excluding hydrogens is 327 g/mol. The van der Waals surface area contributed by atoms with Crippen molar-refractivity contribution in [2.24, 2.45) is 0 Å². The second-order valence-corrected chi connectivity index (χ2v) is 5.58. The van der Waals surface area contributed by atoms with Crippen molar-refractivity contribution in [2.75, 3.05) is 18.5 Å². The van der Waals surface area contributed by atoms with Crippen LogP contribution in [0.4, 0.5) is 18.9 Å². The average molecular weight is 347 g/mol. The molecule has 2 rings (SSSR count). The maximum atomic E-state index is 12.2. The molecule has 0 saturated heterocycles. The van der Waals surface area contributed by atoms with Gasteiger partial charge in [-0.15, -0.1) is 0 Å². The summed E-state index contributed by atoms with van der Waals surface area (Å²) in [6.07, 6.45) is -4.99. The molecule has 5 nitrogen and oxygen atoms in total. The van der Waals surface area contributed by atoms with Gasteiger partial charge in [0, 0.05) is 18.1 Å². The molecule has 0 bridgehead atoms. The Labute approximate surface area is 138 Å². The van der Waals surface area contributed by atoms with Crippen LogP contribution in [0.5, 0.6) is 11.5 Å². The van der Waals surface area contributed by atoms with Gasteiger partial charge >= 0.3 is 6.18 Å². The summed E-state index contributed by atoms with van der Waals surface area (Å²) in [5, 5.41) is 2.54. The zero-order valence-electron chi connectivity index (χ0n) is 13.7. The van der Waals surface area contributed by atoms with Crippen LogP contribution < -0.4 is 14.8 Å². The summed E-state index contributed by atoms with van der Waals surface area (Å²) >= 11 is 0. The molecule has 1 aromatic carbocycles. The number of hydrogen-bond acceptors (Lipinski definition) is 4. The van der Waals surface area contributed by atoms with Gasteiger partial charge in [0.2, 0.25) is 0 Å². The third-order valence-electron chi connectivity index (χ3n) is 3.42. The Morgan fingerprint density at radius 1 is 1.46 bits per heavy atom. The van der Waals surface area contributed by atoms with E-state index in [2.05, 4.69) is 10.1 Å². The van der Waals surface area contributed by atoms with Gasteiger partial charge in [-0.25, -0.2) is 0 Å². The second-order valence-electron chi connectivity index (χ2n) is 5.58. The highest BCUT2D eigenvalue weighted by molar-refractivity contribution is 5.95. The lowest BCUT2D eigenvalue weighted by atomic mass is 10.1. The van der Waals surface area contributed by atoms with Crippen molar-refractivity contribution in [2.45, 2.75) is 45.6 Å². The number of alkyl halides is 3. The van der Waals surface area contributed by atoms with E-state index in [9.17, 15) is 18.0 Å². The van der Waals surface area contributed by atoms with Crippen molar-refractivity contribution in [1.82, 2.24) is 0 Å². The summed E-state index contributed by atoms with van der Waals surface area (Å²) < 4.78 is 52.2. The summed E-state index contributed by atoms with van der Waals surface area (Å²) in [5.74, 6) is 0.390. The van der Waals surface area contributed by atoms with Gasteiger partial charge < -0.3 is 19.5 Å². The highest BCUT2D eigenvalue weighted by Gasteiger charge is 2.30. The van der Waals surface area contributed by atoms with Gasteiger partial charge in [0.25, 0.3) is 5.91 Å². The van der Waals surface area contributed by atoms with Crippen molar-refractivity contribution in [3.8, 4) is 11.5 Å². The number of halogens is 3. The van der Waals surface area contributed by atoms with Crippen molar-refractivity contribution < 1.29 is 32.2 Å². The minimum Gasteiger partial charge on any atom is -0.492 e. The standard InChI is InChI=1S/C16H20F3NO4/c1-4-22-14-6-11-5-9(2)24-13(11)7-12(14)20-15(21)10(3)23-8-16(17,18)19/h6-7,9-10H,4-5,8H2,1-3H3,(H,20,21)/t9-,10+/m1/s1. The summed E-state index contributed by atoms with van der Waals surface area (Å²) in [6, 6.07) is 3.40. The monoisotopic (exact) mass is 347 g/mol. The number of anilines is 1. The Kier molecular flexibility index (Phi) is 5.58. The van der Waals surface area contributed by atoms with Gasteiger partial charge in [-0.1, -0.05) is 0 Å². The first-order chi connectivity index (χ1) is 11.2. The minimum absolute atomic E-state index is 0.0227. The third kappa shape index (κ3) is 4.77. The van der Waals surface area contributed by atoms with Crippen LogP contribution in [0.3, 0.4) is 0 Å². The molecule has 0 aromatic heterocycles. The third-order valence-corrected chi connectivity index (χ3v) is 3.42. The van der Waals surface area contributed by atoms with Gasteiger partial charge in [0.15, 0.2) is 0 Å². The first-order valence-electron chi connectivity index (χ1n) is 7.65.